The predicted molar refractivity (Wildman–Crippen MR) is 83.1 cm³/mol. The Morgan fingerprint density at radius 2 is 2.24 bits per heavy atom. The Kier molecular flexibility index (Phi) is 5.74. The van der Waals surface area contributed by atoms with Crippen LogP contribution in [0.25, 0.3) is 0 Å². The molecule has 0 radical (unpaired) electrons. The Hall–Kier alpha value is -0.780. The van der Waals surface area contributed by atoms with E-state index in [4.69, 9.17) is 5.73 Å². The number of aliphatic imine (C=N–C) groups is 1. The molecule has 1 aromatic carbocycles. The van der Waals surface area contributed by atoms with E-state index in [1.54, 1.807) is 0 Å². The molecular weight excluding hydrogens is 325 g/mol. The van der Waals surface area contributed by atoms with Crippen molar-refractivity contribution in [2.45, 2.75) is 25.7 Å². The summed E-state index contributed by atoms with van der Waals surface area (Å²) in [5.41, 5.74) is 8.65. The summed E-state index contributed by atoms with van der Waals surface area (Å²) in [4.78, 5) is 4.37. The van der Waals surface area contributed by atoms with Crippen molar-refractivity contribution in [2.24, 2.45) is 10.7 Å². The highest BCUT2D eigenvalue weighted by Gasteiger charge is 2.24. The number of nitrogens with zero attached hydrogens (tertiary/aromatic N) is 1. The normalized spacial score (nSPS) is 17.7. The molecule has 0 aromatic heterocycles. The molecule has 0 amide bonds. The van der Waals surface area contributed by atoms with Crippen molar-refractivity contribution in [2.75, 3.05) is 13.1 Å². The molecule has 3 N–H and O–H groups in total. The van der Waals surface area contributed by atoms with Gasteiger partial charge in [-0.05, 0) is 24.0 Å². The highest BCUT2D eigenvalue weighted by Crippen LogP contribution is 2.34. The lowest BCUT2D eigenvalue weighted by molar-refractivity contribution is 0.617. The van der Waals surface area contributed by atoms with E-state index < -0.39 is 0 Å². The minimum atomic E-state index is 0. The summed E-state index contributed by atoms with van der Waals surface area (Å²) in [5.74, 6) is 1.14. The molecule has 4 heteroatoms. The smallest absolute Gasteiger partial charge is 0.188 e. The number of nitrogens with one attached hydrogen (secondary N) is 1. The van der Waals surface area contributed by atoms with Crippen LogP contribution in [-0.2, 0) is 6.42 Å². The van der Waals surface area contributed by atoms with Crippen molar-refractivity contribution in [3.8, 4) is 0 Å². The van der Waals surface area contributed by atoms with Crippen molar-refractivity contribution in [3.05, 3.63) is 35.4 Å². The molecule has 1 aliphatic rings. The van der Waals surface area contributed by atoms with Gasteiger partial charge in [0.05, 0.1) is 0 Å². The van der Waals surface area contributed by atoms with Gasteiger partial charge in [-0.25, -0.2) is 0 Å². The third-order valence-corrected chi connectivity index (χ3v) is 3.00. The van der Waals surface area contributed by atoms with Crippen molar-refractivity contribution < 1.29 is 0 Å². The van der Waals surface area contributed by atoms with Crippen LogP contribution in [-0.4, -0.2) is 19.0 Å². The van der Waals surface area contributed by atoms with Crippen LogP contribution < -0.4 is 11.1 Å². The van der Waals surface area contributed by atoms with Gasteiger partial charge in [0.15, 0.2) is 5.96 Å². The van der Waals surface area contributed by atoms with Crippen LogP contribution in [0, 0.1) is 0 Å². The first-order valence-electron chi connectivity index (χ1n) is 5.93. The fourth-order valence-electron chi connectivity index (χ4n) is 2.04. The number of benzene rings is 1. The Labute approximate surface area is 120 Å². The van der Waals surface area contributed by atoms with Crippen LogP contribution in [0.2, 0.25) is 0 Å². The van der Waals surface area contributed by atoms with Gasteiger partial charge in [-0.2, -0.15) is 0 Å². The van der Waals surface area contributed by atoms with Gasteiger partial charge >= 0.3 is 0 Å². The zero-order chi connectivity index (χ0) is 11.4. The summed E-state index contributed by atoms with van der Waals surface area (Å²) in [6.45, 7) is 3.82. The summed E-state index contributed by atoms with van der Waals surface area (Å²) in [7, 11) is 0. The number of halogens is 1. The summed E-state index contributed by atoms with van der Waals surface area (Å²) < 4.78 is 0. The fourth-order valence-corrected chi connectivity index (χ4v) is 2.04. The molecule has 1 aliphatic carbocycles. The Morgan fingerprint density at radius 3 is 2.94 bits per heavy atom. The summed E-state index contributed by atoms with van der Waals surface area (Å²) >= 11 is 0. The Morgan fingerprint density at radius 1 is 1.47 bits per heavy atom. The molecule has 3 nitrogen and oxygen atoms in total. The molecule has 0 saturated carbocycles. The zero-order valence-electron chi connectivity index (χ0n) is 10.1. The fraction of sp³-hybridized carbons (Fsp3) is 0.462. The molecule has 1 aromatic rings. The Bertz CT molecular complexity index is 390. The zero-order valence-corrected chi connectivity index (χ0v) is 12.5. The molecule has 94 valence electrons. The second kappa shape index (κ2) is 6.83. The number of guanidine groups is 1. The summed E-state index contributed by atoms with van der Waals surface area (Å²) in [6, 6.07) is 8.56. The number of nitrogens with two attached hydrogens (primary N) is 1. The van der Waals surface area contributed by atoms with Crippen LogP contribution >= 0.6 is 24.0 Å². The third-order valence-electron chi connectivity index (χ3n) is 3.00. The highest BCUT2D eigenvalue weighted by atomic mass is 127. The predicted octanol–water partition coefficient (Wildman–Crippen LogP) is 2.26. The minimum absolute atomic E-state index is 0. The summed E-state index contributed by atoms with van der Waals surface area (Å²) in [5, 5.41) is 3.09. The van der Waals surface area contributed by atoms with Gasteiger partial charge in [-0.3, -0.25) is 4.99 Å². The topological polar surface area (TPSA) is 50.4 Å². The highest BCUT2D eigenvalue weighted by molar-refractivity contribution is 14.0. The van der Waals surface area contributed by atoms with Crippen LogP contribution in [0.1, 0.15) is 30.4 Å². The van der Waals surface area contributed by atoms with Gasteiger partial charge in [0, 0.05) is 19.0 Å². The first-order valence-corrected chi connectivity index (χ1v) is 5.93. The largest absolute Gasteiger partial charge is 0.370 e. The van der Waals surface area contributed by atoms with E-state index in [0.717, 1.165) is 25.9 Å². The second-order valence-electron chi connectivity index (χ2n) is 4.25. The molecule has 0 fully saturated rings. The molecule has 1 atom stereocenters. The lowest BCUT2D eigenvalue weighted by atomic mass is 9.78. The van der Waals surface area contributed by atoms with Crippen LogP contribution in [0.3, 0.4) is 0 Å². The monoisotopic (exact) mass is 345 g/mol. The van der Waals surface area contributed by atoms with E-state index in [1.807, 2.05) is 0 Å². The number of hydrogen-bond donors (Lipinski definition) is 2. The molecule has 0 saturated heterocycles. The first kappa shape index (κ1) is 14.3. The van der Waals surface area contributed by atoms with Gasteiger partial charge in [0.25, 0.3) is 0 Å². The van der Waals surface area contributed by atoms with E-state index in [0.29, 0.717) is 11.9 Å². The lowest BCUT2D eigenvalue weighted by Gasteiger charge is -2.28. The minimum Gasteiger partial charge on any atom is -0.370 e. The van der Waals surface area contributed by atoms with Crippen LogP contribution in [0.15, 0.2) is 29.3 Å². The molecule has 0 heterocycles. The average Bonchev–Trinajstić information content (AvgIpc) is 2.27. The molecule has 17 heavy (non-hydrogen) atoms. The van der Waals surface area contributed by atoms with E-state index in [-0.39, 0.29) is 24.0 Å². The van der Waals surface area contributed by atoms with E-state index in [1.165, 1.54) is 11.1 Å². The standard InChI is InChI=1S/C13H19N3.HI/c1-2-7-15-13(14)16-9-11-8-10-5-3-4-6-12(10)11;/h3-6,11H,2,7-9H2,1H3,(H3,14,15,16);1H. The van der Waals surface area contributed by atoms with Gasteiger partial charge in [0.1, 0.15) is 0 Å². The van der Waals surface area contributed by atoms with Gasteiger partial charge in [-0.1, -0.05) is 31.2 Å². The van der Waals surface area contributed by atoms with E-state index in [9.17, 15) is 0 Å². The molecule has 0 bridgehead atoms. The third kappa shape index (κ3) is 3.59. The first-order chi connectivity index (χ1) is 7.81. The van der Waals surface area contributed by atoms with Gasteiger partial charge < -0.3 is 11.1 Å². The van der Waals surface area contributed by atoms with Crippen LogP contribution in [0.4, 0.5) is 0 Å². The van der Waals surface area contributed by atoms with Gasteiger partial charge in [0.2, 0.25) is 0 Å². The Balaban J connectivity index is 0.00000144. The quantitative estimate of drug-likeness (QED) is 0.500. The number of rotatable bonds is 4. The van der Waals surface area contributed by atoms with Crippen LogP contribution in [0.5, 0.6) is 0 Å². The van der Waals surface area contributed by atoms with E-state index in [2.05, 4.69) is 41.5 Å². The summed E-state index contributed by atoms with van der Waals surface area (Å²) in [6.07, 6.45) is 2.21. The van der Waals surface area contributed by atoms with Crippen molar-refractivity contribution >= 4 is 29.9 Å². The molecule has 1 unspecified atom stereocenters. The van der Waals surface area contributed by atoms with Gasteiger partial charge in [-0.15, -0.1) is 24.0 Å². The van der Waals surface area contributed by atoms with Crippen molar-refractivity contribution in [3.63, 3.8) is 0 Å². The number of hydrogen-bond acceptors (Lipinski definition) is 1. The maximum absolute atomic E-state index is 5.75. The van der Waals surface area contributed by atoms with E-state index >= 15 is 0 Å². The molecular formula is C13H20IN3. The average molecular weight is 345 g/mol. The molecule has 2 rings (SSSR count). The maximum Gasteiger partial charge on any atom is 0.188 e. The SMILES string of the molecule is CCCNC(N)=NCC1Cc2ccccc21.I. The second-order valence-corrected chi connectivity index (χ2v) is 4.25. The number of fused-ring (bicyclic) bond motifs is 1. The maximum atomic E-state index is 5.75. The van der Waals surface area contributed by atoms with Crippen molar-refractivity contribution in [1.82, 2.24) is 5.32 Å². The molecule has 0 spiro atoms. The van der Waals surface area contributed by atoms with Crippen molar-refractivity contribution in [1.29, 1.82) is 0 Å². The lowest BCUT2D eigenvalue weighted by Crippen LogP contribution is -2.33. The molecule has 0 aliphatic heterocycles.